The van der Waals surface area contributed by atoms with Crippen LogP contribution in [0.25, 0.3) is 11.1 Å². The van der Waals surface area contributed by atoms with E-state index in [9.17, 15) is 4.79 Å². The van der Waals surface area contributed by atoms with Crippen LogP contribution in [0.1, 0.15) is 15.9 Å². The van der Waals surface area contributed by atoms with Gasteiger partial charge in [-0.15, -0.1) is 0 Å². The van der Waals surface area contributed by atoms with Crippen molar-refractivity contribution in [3.8, 4) is 11.1 Å². The van der Waals surface area contributed by atoms with E-state index in [4.69, 9.17) is 17.2 Å². The molecule has 0 saturated heterocycles. The van der Waals surface area contributed by atoms with Gasteiger partial charge in [0.2, 0.25) is 5.91 Å². The lowest BCUT2D eigenvalue weighted by molar-refractivity contribution is 0.100. The van der Waals surface area contributed by atoms with Crippen molar-refractivity contribution in [1.29, 1.82) is 0 Å². The van der Waals surface area contributed by atoms with Crippen LogP contribution in [0.2, 0.25) is 0 Å². The predicted octanol–water partition coefficient (Wildman–Crippen LogP) is 1.67. The lowest BCUT2D eigenvalue weighted by Gasteiger charge is -2.10. The third kappa shape index (κ3) is 2.77. The molecule has 2 aromatic rings. The minimum Gasteiger partial charge on any atom is -0.370 e. The highest BCUT2D eigenvalue weighted by Gasteiger charge is 2.12. The summed E-state index contributed by atoms with van der Waals surface area (Å²) in [6.07, 6.45) is 0. The molecule has 0 aliphatic carbocycles. The third-order valence-corrected chi connectivity index (χ3v) is 2.89. The average molecular weight is 268 g/mol. The number of nitrogens with zero attached hydrogens (tertiary/aromatic N) is 1. The Morgan fingerprint density at radius 1 is 1.00 bits per heavy atom. The fourth-order valence-corrected chi connectivity index (χ4v) is 2.03. The fraction of sp³-hybridized carbons (Fsp3) is 0.0667. The molecular formula is C15H16N4O. The minimum absolute atomic E-state index is 0.0339. The van der Waals surface area contributed by atoms with Gasteiger partial charge in [-0.3, -0.25) is 4.79 Å². The molecule has 0 aliphatic rings. The summed E-state index contributed by atoms with van der Waals surface area (Å²) in [6, 6.07) is 12.7. The minimum atomic E-state index is -0.489. The maximum absolute atomic E-state index is 11.5. The summed E-state index contributed by atoms with van der Waals surface area (Å²) in [5.41, 5.74) is 19.9. The smallest absolute Gasteiger partial charge is 0.249 e. The van der Waals surface area contributed by atoms with E-state index in [1.165, 1.54) is 0 Å². The van der Waals surface area contributed by atoms with Gasteiger partial charge in [-0.2, -0.15) is 0 Å². The number of amides is 1. The molecule has 0 heterocycles. The number of primary amides is 1. The van der Waals surface area contributed by atoms with Crippen LogP contribution in [0.15, 0.2) is 47.5 Å². The molecule has 0 saturated carbocycles. The van der Waals surface area contributed by atoms with Gasteiger partial charge in [-0.1, -0.05) is 30.3 Å². The summed E-state index contributed by atoms with van der Waals surface area (Å²) < 4.78 is 0. The first-order valence-electron chi connectivity index (χ1n) is 6.08. The molecule has 2 rings (SSSR count). The normalized spacial score (nSPS) is 10.1. The molecule has 0 fully saturated rings. The maximum Gasteiger partial charge on any atom is 0.249 e. The van der Waals surface area contributed by atoms with Gasteiger partial charge in [0.1, 0.15) is 0 Å². The fourth-order valence-electron chi connectivity index (χ4n) is 2.03. The Morgan fingerprint density at radius 3 is 2.35 bits per heavy atom. The predicted molar refractivity (Wildman–Crippen MR) is 80.6 cm³/mol. The SMILES string of the molecule is Cc1ccc(-c2ccccc2C(N)=O)c(N=C(N)N)c1. The summed E-state index contributed by atoms with van der Waals surface area (Å²) in [5, 5.41) is 0. The molecule has 6 N–H and O–H groups in total. The standard InChI is InChI=1S/C15H16N4O/c1-9-6-7-11(13(8-9)19-15(17)18)10-4-2-3-5-12(10)14(16)20/h2-8H,1H3,(H2,16,20)(H4,17,18,19). The summed E-state index contributed by atoms with van der Waals surface area (Å²) in [7, 11) is 0. The number of carbonyl (C=O) groups excluding carboxylic acids is 1. The van der Waals surface area contributed by atoms with Crippen LogP contribution in [0, 0.1) is 6.92 Å². The Kier molecular flexibility index (Phi) is 3.70. The summed E-state index contributed by atoms with van der Waals surface area (Å²) >= 11 is 0. The monoisotopic (exact) mass is 268 g/mol. The topological polar surface area (TPSA) is 107 Å². The number of guanidine groups is 1. The molecule has 2 aromatic carbocycles. The van der Waals surface area contributed by atoms with Gasteiger partial charge in [-0.05, 0) is 30.2 Å². The van der Waals surface area contributed by atoms with Crippen LogP contribution in [0.5, 0.6) is 0 Å². The maximum atomic E-state index is 11.5. The van der Waals surface area contributed by atoms with E-state index < -0.39 is 5.91 Å². The number of aryl methyl sites for hydroxylation is 1. The zero-order valence-electron chi connectivity index (χ0n) is 11.1. The summed E-state index contributed by atoms with van der Waals surface area (Å²) in [4.78, 5) is 15.6. The first-order valence-corrected chi connectivity index (χ1v) is 6.08. The molecule has 0 radical (unpaired) electrons. The second-order valence-electron chi connectivity index (χ2n) is 4.47. The van der Waals surface area contributed by atoms with Crippen molar-refractivity contribution in [2.75, 3.05) is 0 Å². The second-order valence-corrected chi connectivity index (χ2v) is 4.47. The van der Waals surface area contributed by atoms with Gasteiger partial charge in [0.05, 0.1) is 5.69 Å². The van der Waals surface area contributed by atoms with E-state index in [1.807, 2.05) is 37.3 Å². The van der Waals surface area contributed by atoms with E-state index in [1.54, 1.807) is 12.1 Å². The van der Waals surface area contributed by atoms with Crippen molar-refractivity contribution in [3.63, 3.8) is 0 Å². The Hall–Kier alpha value is -2.82. The molecule has 0 atom stereocenters. The number of hydrogen-bond acceptors (Lipinski definition) is 2. The number of carbonyl (C=O) groups is 1. The lowest BCUT2D eigenvalue weighted by Crippen LogP contribution is -2.22. The van der Waals surface area contributed by atoms with Crippen molar-refractivity contribution >= 4 is 17.6 Å². The quantitative estimate of drug-likeness (QED) is 0.582. The van der Waals surface area contributed by atoms with Crippen LogP contribution in [0.3, 0.4) is 0 Å². The average Bonchev–Trinajstić information content (AvgIpc) is 2.38. The number of aliphatic imine (C=N–C) groups is 1. The molecule has 0 aromatic heterocycles. The Labute approximate surface area is 117 Å². The molecule has 5 nitrogen and oxygen atoms in total. The zero-order valence-corrected chi connectivity index (χ0v) is 11.1. The van der Waals surface area contributed by atoms with E-state index in [-0.39, 0.29) is 5.96 Å². The highest BCUT2D eigenvalue weighted by atomic mass is 16.1. The summed E-state index contributed by atoms with van der Waals surface area (Å²) in [5.74, 6) is -0.523. The second kappa shape index (κ2) is 5.44. The van der Waals surface area contributed by atoms with E-state index in [0.717, 1.165) is 11.1 Å². The number of nitrogens with two attached hydrogens (primary N) is 3. The highest BCUT2D eigenvalue weighted by molar-refractivity contribution is 6.01. The van der Waals surface area contributed by atoms with E-state index in [0.29, 0.717) is 16.8 Å². The van der Waals surface area contributed by atoms with Crippen LogP contribution in [-0.4, -0.2) is 11.9 Å². The zero-order chi connectivity index (χ0) is 14.7. The molecule has 0 bridgehead atoms. The van der Waals surface area contributed by atoms with Gasteiger partial charge in [0.25, 0.3) is 0 Å². The van der Waals surface area contributed by atoms with Crippen LogP contribution < -0.4 is 17.2 Å². The van der Waals surface area contributed by atoms with Crippen LogP contribution in [-0.2, 0) is 0 Å². The van der Waals surface area contributed by atoms with Crippen molar-refractivity contribution in [3.05, 3.63) is 53.6 Å². The summed E-state index contributed by atoms with van der Waals surface area (Å²) in [6.45, 7) is 1.94. The van der Waals surface area contributed by atoms with Crippen molar-refractivity contribution in [2.45, 2.75) is 6.92 Å². The van der Waals surface area contributed by atoms with Crippen molar-refractivity contribution in [2.24, 2.45) is 22.2 Å². The molecule has 20 heavy (non-hydrogen) atoms. The molecule has 0 spiro atoms. The van der Waals surface area contributed by atoms with Gasteiger partial charge < -0.3 is 17.2 Å². The molecule has 102 valence electrons. The van der Waals surface area contributed by atoms with Crippen LogP contribution >= 0.6 is 0 Å². The molecule has 0 unspecified atom stereocenters. The number of hydrogen-bond donors (Lipinski definition) is 3. The third-order valence-electron chi connectivity index (χ3n) is 2.89. The molecule has 5 heteroatoms. The van der Waals surface area contributed by atoms with E-state index in [2.05, 4.69) is 4.99 Å². The van der Waals surface area contributed by atoms with Crippen LogP contribution in [0.4, 0.5) is 5.69 Å². The molecular weight excluding hydrogens is 252 g/mol. The Balaban J connectivity index is 2.70. The van der Waals surface area contributed by atoms with Gasteiger partial charge in [0.15, 0.2) is 5.96 Å². The van der Waals surface area contributed by atoms with Gasteiger partial charge >= 0.3 is 0 Å². The molecule has 1 amide bonds. The van der Waals surface area contributed by atoms with E-state index >= 15 is 0 Å². The first-order chi connectivity index (χ1) is 9.49. The lowest BCUT2D eigenvalue weighted by atomic mass is 9.97. The number of rotatable bonds is 3. The molecule has 0 aliphatic heterocycles. The number of benzene rings is 2. The van der Waals surface area contributed by atoms with Crippen molar-refractivity contribution in [1.82, 2.24) is 0 Å². The first kappa shape index (κ1) is 13.6. The van der Waals surface area contributed by atoms with Gasteiger partial charge in [0, 0.05) is 11.1 Å². The Morgan fingerprint density at radius 2 is 1.70 bits per heavy atom. The van der Waals surface area contributed by atoms with Gasteiger partial charge in [-0.25, -0.2) is 4.99 Å². The largest absolute Gasteiger partial charge is 0.370 e. The Bertz CT molecular complexity index is 688. The van der Waals surface area contributed by atoms with Crippen molar-refractivity contribution < 1.29 is 4.79 Å². The highest BCUT2D eigenvalue weighted by Crippen LogP contribution is 2.33.